The first-order valence-corrected chi connectivity index (χ1v) is 7.61. The van der Waals surface area contributed by atoms with E-state index in [2.05, 4.69) is 0 Å². The Kier molecular flexibility index (Phi) is 5.33. The van der Waals surface area contributed by atoms with E-state index >= 15 is 0 Å². The van der Waals surface area contributed by atoms with Crippen molar-refractivity contribution in [3.05, 3.63) is 63.6 Å². The first-order valence-electron chi connectivity index (χ1n) is 6.85. The Morgan fingerprint density at radius 2 is 1.64 bits per heavy atom. The highest BCUT2D eigenvalue weighted by atomic mass is 35.5. The van der Waals surface area contributed by atoms with E-state index in [1.165, 1.54) is 0 Å². The van der Waals surface area contributed by atoms with E-state index in [0.717, 1.165) is 11.3 Å². The van der Waals surface area contributed by atoms with Crippen LogP contribution < -0.4 is 4.90 Å². The SMILES string of the molecule is CN(Cc1ccc(Cl)cc1Cl)C(=O)c1ccc(N(C)C)cc1. The number of hydrogen-bond donors (Lipinski definition) is 0. The normalized spacial score (nSPS) is 10.4. The van der Waals surface area contributed by atoms with Crippen LogP contribution in [0.15, 0.2) is 42.5 Å². The van der Waals surface area contributed by atoms with Gasteiger partial charge in [0, 0.05) is 49.0 Å². The minimum atomic E-state index is -0.0451. The molecule has 0 N–H and O–H groups in total. The van der Waals surface area contributed by atoms with Gasteiger partial charge in [-0.3, -0.25) is 4.79 Å². The number of halogens is 2. The number of amides is 1. The van der Waals surface area contributed by atoms with Gasteiger partial charge in [0.05, 0.1) is 0 Å². The van der Waals surface area contributed by atoms with E-state index in [4.69, 9.17) is 23.2 Å². The van der Waals surface area contributed by atoms with Crippen LogP contribution in [0.2, 0.25) is 10.0 Å². The predicted molar refractivity (Wildman–Crippen MR) is 93.0 cm³/mol. The number of hydrogen-bond acceptors (Lipinski definition) is 2. The fraction of sp³-hybridized carbons (Fsp3) is 0.235. The van der Waals surface area contributed by atoms with Crippen LogP contribution in [0.4, 0.5) is 5.69 Å². The third kappa shape index (κ3) is 3.93. The summed E-state index contributed by atoms with van der Waals surface area (Å²) in [5.41, 5.74) is 2.57. The molecule has 2 aromatic rings. The van der Waals surface area contributed by atoms with E-state index in [1.807, 2.05) is 49.3 Å². The molecule has 0 radical (unpaired) electrons. The molecule has 0 aromatic heterocycles. The largest absolute Gasteiger partial charge is 0.378 e. The zero-order valence-electron chi connectivity index (χ0n) is 12.8. The Bertz CT molecular complexity index is 669. The van der Waals surface area contributed by atoms with Crippen molar-refractivity contribution < 1.29 is 4.79 Å². The maximum absolute atomic E-state index is 12.5. The monoisotopic (exact) mass is 336 g/mol. The standard InChI is InChI=1S/C17H18Cl2N2O/c1-20(2)15-8-5-12(6-9-15)17(22)21(3)11-13-4-7-14(18)10-16(13)19/h4-10H,11H2,1-3H3. The van der Waals surface area contributed by atoms with Crippen molar-refractivity contribution in [1.29, 1.82) is 0 Å². The molecule has 0 atom stereocenters. The molecule has 0 fully saturated rings. The highest BCUT2D eigenvalue weighted by molar-refractivity contribution is 6.35. The first kappa shape index (κ1) is 16.7. The molecule has 0 aliphatic rings. The molecule has 0 heterocycles. The van der Waals surface area contributed by atoms with Crippen molar-refractivity contribution in [3.8, 4) is 0 Å². The average Bonchev–Trinajstić information content (AvgIpc) is 2.49. The van der Waals surface area contributed by atoms with Gasteiger partial charge in [0.15, 0.2) is 0 Å². The Hall–Kier alpha value is -1.71. The molecule has 22 heavy (non-hydrogen) atoms. The molecule has 0 aliphatic carbocycles. The molecule has 3 nitrogen and oxygen atoms in total. The molecular formula is C17H18Cl2N2O. The molecule has 5 heteroatoms. The van der Waals surface area contributed by atoms with Crippen LogP contribution in [0.5, 0.6) is 0 Å². The van der Waals surface area contributed by atoms with E-state index in [0.29, 0.717) is 22.2 Å². The van der Waals surface area contributed by atoms with E-state index < -0.39 is 0 Å². The molecule has 1 amide bonds. The maximum atomic E-state index is 12.5. The summed E-state index contributed by atoms with van der Waals surface area (Å²) in [5, 5.41) is 1.15. The molecule has 0 aliphatic heterocycles. The zero-order valence-corrected chi connectivity index (χ0v) is 14.3. The highest BCUT2D eigenvalue weighted by Gasteiger charge is 2.13. The summed E-state index contributed by atoms with van der Waals surface area (Å²) in [6, 6.07) is 12.8. The number of benzene rings is 2. The Morgan fingerprint density at radius 1 is 1.00 bits per heavy atom. The second kappa shape index (κ2) is 7.03. The van der Waals surface area contributed by atoms with Crippen molar-refractivity contribution in [2.45, 2.75) is 6.54 Å². The number of rotatable bonds is 4. The molecule has 0 unspecified atom stereocenters. The minimum Gasteiger partial charge on any atom is -0.378 e. The number of carbonyl (C=O) groups is 1. The van der Waals surface area contributed by atoms with Gasteiger partial charge in [0.25, 0.3) is 5.91 Å². The maximum Gasteiger partial charge on any atom is 0.253 e. The van der Waals surface area contributed by atoms with E-state index in [1.54, 1.807) is 24.1 Å². The Morgan fingerprint density at radius 3 is 2.18 bits per heavy atom. The van der Waals surface area contributed by atoms with Crippen LogP contribution in [0.1, 0.15) is 15.9 Å². The molecule has 0 saturated heterocycles. The van der Waals surface area contributed by atoms with Crippen molar-refractivity contribution in [3.63, 3.8) is 0 Å². The predicted octanol–water partition coefficient (Wildman–Crippen LogP) is 4.33. The minimum absolute atomic E-state index is 0.0451. The third-order valence-electron chi connectivity index (χ3n) is 3.40. The lowest BCUT2D eigenvalue weighted by Gasteiger charge is -2.19. The summed E-state index contributed by atoms with van der Waals surface area (Å²) in [5.74, 6) is -0.0451. The highest BCUT2D eigenvalue weighted by Crippen LogP contribution is 2.22. The Labute approximate surface area is 141 Å². The van der Waals surface area contributed by atoms with Gasteiger partial charge in [-0.05, 0) is 42.0 Å². The third-order valence-corrected chi connectivity index (χ3v) is 3.99. The topological polar surface area (TPSA) is 23.6 Å². The van der Waals surface area contributed by atoms with Gasteiger partial charge < -0.3 is 9.80 Å². The summed E-state index contributed by atoms with van der Waals surface area (Å²) < 4.78 is 0. The van der Waals surface area contributed by atoms with Crippen LogP contribution in [0.3, 0.4) is 0 Å². The second-order valence-corrected chi connectivity index (χ2v) is 6.18. The van der Waals surface area contributed by atoms with E-state index in [9.17, 15) is 4.79 Å². The van der Waals surface area contributed by atoms with E-state index in [-0.39, 0.29) is 5.91 Å². The first-order chi connectivity index (χ1) is 10.4. The number of nitrogens with zero attached hydrogens (tertiary/aromatic N) is 2. The molecule has 0 saturated carbocycles. The van der Waals surface area contributed by atoms with Gasteiger partial charge in [-0.25, -0.2) is 0 Å². The molecular weight excluding hydrogens is 319 g/mol. The van der Waals surface area contributed by atoms with Gasteiger partial charge >= 0.3 is 0 Å². The summed E-state index contributed by atoms with van der Waals surface area (Å²) in [6.07, 6.45) is 0. The summed E-state index contributed by atoms with van der Waals surface area (Å²) in [7, 11) is 5.68. The quantitative estimate of drug-likeness (QED) is 0.829. The average molecular weight is 337 g/mol. The fourth-order valence-corrected chi connectivity index (χ4v) is 2.57. The second-order valence-electron chi connectivity index (χ2n) is 5.34. The van der Waals surface area contributed by atoms with Crippen molar-refractivity contribution in [1.82, 2.24) is 4.90 Å². The molecule has 2 aromatic carbocycles. The zero-order chi connectivity index (χ0) is 16.3. The fourth-order valence-electron chi connectivity index (χ4n) is 2.10. The van der Waals surface area contributed by atoms with Gasteiger partial charge in [0.1, 0.15) is 0 Å². The van der Waals surface area contributed by atoms with Gasteiger partial charge in [-0.2, -0.15) is 0 Å². The van der Waals surface area contributed by atoms with Gasteiger partial charge in [0.2, 0.25) is 0 Å². The molecule has 0 bridgehead atoms. The summed E-state index contributed by atoms with van der Waals surface area (Å²) in [6.45, 7) is 0.435. The smallest absolute Gasteiger partial charge is 0.253 e. The summed E-state index contributed by atoms with van der Waals surface area (Å²) in [4.78, 5) is 16.1. The van der Waals surface area contributed by atoms with Crippen LogP contribution in [0.25, 0.3) is 0 Å². The van der Waals surface area contributed by atoms with Crippen LogP contribution in [-0.2, 0) is 6.54 Å². The number of anilines is 1. The summed E-state index contributed by atoms with van der Waals surface area (Å²) >= 11 is 12.0. The van der Waals surface area contributed by atoms with Crippen LogP contribution in [0, 0.1) is 0 Å². The van der Waals surface area contributed by atoms with Gasteiger partial charge in [-0.1, -0.05) is 29.3 Å². The van der Waals surface area contributed by atoms with Crippen molar-refractivity contribution >= 4 is 34.8 Å². The lowest BCUT2D eigenvalue weighted by molar-refractivity contribution is 0.0785. The Balaban J connectivity index is 2.11. The van der Waals surface area contributed by atoms with Gasteiger partial charge in [-0.15, -0.1) is 0 Å². The molecule has 116 valence electrons. The lowest BCUT2D eigenvalue weighted by atomic mass is 10.1. The molecule has 2 rings (SSSR count). The molecule has 0 spiro atoms. The number of carbonyl (C=O) groups excluding carboxylic acids is 1. The van der Waals surface area contributed by atoms with Crippen LogP contribution >= 0.6 is 23.2 Å². The van der Waals surface area contributed by atoms with Crippen LogP contribution in [-0.4, -0.2) is 32.0 Å². The van der Waals surface area contributed by atoms with Crippen molar-refractivity contribution in [2.24, 2.45) is 0 Å². The van der Waals surface area contributed by atoms with Crippen molar-refractivity contribution in [2.75, 3.05) is 26.0 Å². The lowest BCUT2D eigenvalue weighted by Crippen LogP contribution is -2.26.